The van der Waals surface area contributed by atoms with Gasteiger partial charge in [-0.1, -0.05) is 36.4 Å². The third kappa shape index (κ3) is 2.45. The molecule has 1 rings (SSSR count). The minimum absolute atomic E-state index is 0. The molecule has 0 atom stereocenters. The molecule has 0 aliphatic heterocycles. The first-order valence-electron chi connectivity index (χ1n) is 2.00. The van der Waals surface area contributed by atoms with Gasteiger partial charge in [-0.25, -0.2) is 0 Å². The summed E-state index contributed by atoms with van der Waals surface area (Å²) in [5.41, 5.74) is 0. The van der Waals surface area contributed by atoms with Gasteiger partial charge in [0.25, 0.3) is 0 Å². The van der Waals surface area contributed by atoms with E-state index in [1.54, 1.807) is 0 Å². The van der Waals surface area contributed by atoms with Crippen LogP contribution in [0.25, 0.3) is 0 Å². The molecule has 0 unspecified atom stereocenters. The van der Waals surface area contributed by atoms with Crippen LogP contribution in [0, 0.1) is 0 Å². The van der Waals surface area contributed by atoms with Crippen LogP contribution in [0.2, 0.25) is 0 Å². The van der Waals surface area contributed by atoms with Crippen molar-refractivity contribution in [1.82, 2.24) is 0 Å². The van der Waals surface area contributed by atoms with Crippen molar-refractivity contribution in [2.24, 2.45) is 0 Å². The van der Waals surface area contributed by atoms with Crippen molar-refractivity contribution < 1.29 is 0 Å². The molecule has 0 saturated carbocycles. The van der Waals surface area contributed by atoms with Gasteiger partial charge < -0.3 is 0 Å². The predicted octanol–water partition coefficient (Wildman–Crippen LogP) is 1.31. The summed E-state index contributed by atoms with van der Waals surface area (Å²) in [6.45, 7) is 0. The van der Waals surface area contributed by atoms with Crippen molar-refractivity contribution in [3.63, 3.8) is 0 Å². The molecule has 33 valence electrons. The lowest BCUT2D eigenvalue weighted by molar-refractivity contribution is 1.72. The van der Waals surface area contributed by atoms with Crippen LogP contribution in [-0.4, -0.2) is 17.4 Å². The summed E-state index contributed by atoms with van der Waals surface area (Å²) >= 11 is 0. The van der Waals surface area contributed by atoms with Crippen molar-refractivity contribution in [2.45, 2.75) is 0 Å². The SMILES string of the molecule is [Al].c1ccccc1. The van der Waals surface area contributed by atoms with Crippen molar-refractivity contribution in [1.29, 1.82) is 0 Å². The Hall–Kier alpha value is -0.248. The smallest absolute Gasteiger partial charge is 0 e. The van der Waals surface area contributed by atoms with Crippen LogP contribution < -0.4 is 0 Å². The van der Waals surface area contributed by atoms with E-state index in [1.807, 2.05) is 36.4 Å². The first-order chi connectivity index (χ1) is 3.00. The second-order valence-electron chi connectivity index (χ2n) is 1.15. The molecule has 0 nitrogen and oxygen atoms in total. The standard InChI is InChI=1S/C6H6.Al/c1-2-4-6-5-3-1;/h1-6H;. The maximum atomic E-state index is 2.00. The first-order valence-corrected chi connectivity index (χ1v) is 2.00. The van der Waals surface area contributed by atoms with Crippen molar-refractivity contribution in [3.8, 4) is 0 Å². The highest BCUT2D eigenvalue weighted by Crippen LogP contribution is 1.79. The van der Waals surface area contributed by atoms with Crippen LogP contribution in [-0.2, 0) is 0 Å². The lowest BCUT2D eigenvalue weighted by atomic mass is 10.4. The zero-order valence-electron chi connectivity index (χ0n) is 4.04. The molecule has 0 heterocycles. The van der Waals surface area contributed by atoms with Crippen LogP contribution in [0.4, 0.5) is 0 Å². The van der Waals surface area contributed by atoms with Crippen LogP contribution in [0.3, 0.4) is 0 Å². The summed E-state index contributed by atoms with van der Waals surface area (Å²) in [5, 5.41) is 0. The number of hydrogen-bond acceptors (Lipinski definition) is 0. The lowest BCUT2D eigenvalue weighted by Gasteiger charge is -1.69. The fourth-order valence-electron chi connectivity index (χ4n) is 0.385. The molecule has 0 fully saturated rings. The molecule has 3 radical (unpaired) electrons. The molecule has 0 bridgehead atoms. The topological polar surface area (TPSA) is 0 Å². The van der Waals surface area contributed by atoms with Crippen molar-refractivity contribution in [3.05, 3.63) is 36.4 Å². The second kappa shape index (κ2) is 3.93. The predicted molar refractivity (Wildman–Crippen MR) is 32.2 cm³/mol. The first kappa shape index (κ1) is 6.75. The normalized spacial score (nSPS) is 6.86. The minimum Gasteiger partial charge on any atom is -0.0623 e. The van der Waals surface area contributed by atoms with E-state index >= 15 is 0 Å². The van der Waals surface area contributed by atoms with E-state index in [2.05, 4.69) is 0 Å². The fraction of sp³-hybridized carbons (Fsp3) is 0. The fourth-order valence-corrected chi connectivity index (χ4v) is 0.385. The van der Waals surface area contributed by atoms with Gasteiger partial charge in [0.2, 0.25) is 0 Å². The second-order valence-corrected chi connectivity index (χ2v) is 1.15. The Bertz CT molecular complexity index is 76.1. The van der Waals surface area contributed by atoms with Gasteiger partial charge in [-0.15, -0.1) is 0 Å². The van der Waals surface area contributed by atoms with Gasteiger partial charge in [0.15, 0.2) is 0 Å². The molecule has 0 saturated heterocycles. The quantitative estimate of drug-likeness (QED) is 0.436. The highest BCUT2D eigenvalue weighted by atomic mass is 27.0. The van der Waals surface area contributed by atoms with Crippen molar-refractivity contribution >= 4 is 17.4 Å². The van der Waals surface area contributed by atoms with Gasteiger partial charge in [0.05, 0.1) is 0 Å². The summed E-state index contributed by atoms with van der Waals surface area (Å²) in [7, 11) is 0. The molecule has 0 amide bonds. The Kier molecular flexibility index (Phi) is 3.79. The van der Waals surface area contributed by atoms with E-state index in [1.165, 1.54) is 0 Å². The molecule has 0 spiro atoms. The molecule has 0 aromatic heterocycles. The Labute approximate surface area is 54.3 Å². The minimum atomic E-state index is 0. The van der Waals surface area contributed by atoms with E-state index in [9.17, 15) is 0 Å². The third-order valence-electron chi connectivity index (χ3n) is 0.667. The van der Waals surface area contributed by atoms with Gasteiger partial charge in [-0.3, -0.25) is 0 Å². The van der Waals surface area contributed by atoms with E-state index in [-0.39, 0.29) is 17.4 Å². The Morgan fingerprint density at radius 3 is 0.714 bits per heavy atom. The largest absolute Gasteiger partial charge is 0.0623 e. The van der Waals surface area contributed by atoms with Gasteiger partial charge in [0.1, 0.15) is 0 Å². The van der Waals surface area contributed by atoms with Gasteiger partial charge in [0, 0.05) is 17.4 Å². The molecule has 7 heavy (non-hydrogen) atoms. The average molecular weight is 105 g/mol. The van der Waals surface area contributed by atoms with Gasteiger partial charge in [-0.05, 0) is 0 Å². The van der Waals surface area contributed by atoms with Crippen LogP contribution in [0.5, 0.6) is 0 Å². The molecule has 0 N–H and O–H groups in total. The molecular weight excluding hydrogens is 99.0 g/mol. The monoisotopic (exact) mass is 105 g/mol. The molecule has 1 aromatic rings. The summed E-state index contributed by atoms with van der Waals surface area (Å²) in [5.74, 6) is 0. The molecule has 0 aliphatic carbocycles. The van der Waals surface area contributed by atoms with E-state index < -0.39 is 0 Å². The maximum Gasteiger partial charge on any atom is 0 e. The maximum absolute atomic E-state index is 2.00. The van der Waals surface area contributed by atoms with Crippen LogP contribution in [0.1, 0.15) is 0 Å². The molecular formula is C6H6Al. The summed E-state index contributed by atoms with van der Waals surface area (Å²) in [4.78, 5) is 0. The van der Waals surface area contributed by atoms with Crippen molar-refractivity contribution in [2.75, 3.05) is 0 Å². The van der Waals surface area contributed by atoms with E-state index in [0.29, 0.717) is 0 Å². The highest BCUT2D eigenvalue weighted by Gasteiger charge is 1.57. The highest BCUT2D eigenvalue weighted by molar-refractivity contribution is 5.75. The lowest BCUT2D eigenvalue weighted by Crippen LogP contribution is -1.47. The molecule has 1 heteroatoms. The molecule has 1 aromatic carbocycles. The summed E-state index contributed by atoms with van der Waals surface area (Å²) in [6.07, 6.45) is 0. The van der Waals surface area contributed by atoms with Crippen LogP contribution in [0.15, 0.2) is 36.4 Å². The van der Waals surface area contributed by atoms with E-state index in [4.69, 9.17) is 0 Å². The Morgan fingerprint density at radius 2 is 0.571 bits per heavy atom. The van der Waals surface area contributed by atoms with Gasteiger partial charge >= 0.3 is 0 Å². The summed E-state index contributed by atoms with van der Waals surface area (Å²) < 4.78 is 0. The van der Waals surface area contributed by atoms with Gasteiger partial charge in [-0.2, -0.15) is 0 Å². The zero-order valence-corrected chi connectivity index (χ0v) is 5.20. The average Bonchev–Trinajstić information content (AvgIpc) is 1.72. The van der Waals surface area contributed by atoms with E-state index in [0.717, 1.165) is 0 Å². The number of benzene rings is 1. The number of rotatable bonds is 0. The Balaban J connectivity index is 0.000000360. The van der Waals surface area contributed by atoms with Crippen LogP contribution >= 0.6 is 0 Å². The Morgan fingerprint density at radius 1 is 0.429 bits per heavy atom. The summed E-state index contributed by atoms with van der Waals surface area (Å²) in [6, 6.07) is 12.0. The number of hydrogen-bond donors (Lipinski definition) is 0. The third-order valence-corrected chi connectivity index (χ3v) is 0.667. The molecule has 0 aliphatic rings. The zero-order chi connectivity index (χ0) is 4.24.